The standard InChI is InChI=1S/C23H20N4O3/c1-16-9-10-17(14-20(16)26-23(29)21-8-4-13-30-21)22(28)25-19-7-3-2-6-18(19)15-27-12-5-11-24-27/h2-14H,15H2,1H3,(H,25,28)(H,26,29). The average Bonchev–Trinajstić information content (AvgIpc) is 3.45. The first kappa shape index (κ1) is 19.2. The summed E-state index contributed by atoms with van der Waals surface area (Å²) < 4.78 is 6.91. The lowest BCUT2D eigenvalue weighted by Gasteiger charge is -2.13. The van der Waals surface area contributed by atoms with Gasteiger partial charge in [-0.15, -0.1) is 0 Å². The largest absolute Gasteiger partial charge is 0.459 e. The second kappa shape index (κ2) is 8.48. The van der Waals surface area contributed by atoms with Gasteiger partial charge in [0.15, 0.2) is 5.76 Å². The van der Waals surface area contributed by atoms with Crippen molar-refractivity contribution in [3.8, 4) is 0 Å². The van der Waals surface area contributed by atoms with Crippen LogP contribution in [0.1, 0.15) is 32.0 Å². The number of aromatic nitrogens is 2. The van der Waals surface area contributed by atoms with E-state index in [0.717, 1.165) is 11.1 Å². The van der Waals surface area contributed by atoms with Crippen molar-refractivity contribution in [3.63, 3.8) is 0 Å². The molecule has 2 aromatic carbocycles. The van der Waals surface area contributed by atoms with E-state index in [9.17, 15) is 9.59 Å². The molecule has 150 valence electrons. The van der Waals surface area contributed by atoms with Gasteiger partial charge in [0, 0.05) is 29.3 Å². The molecule has 0 unspecified atom stereocenters. The zero-order valence-electron chi connectivity index (χ0n) is 16.3. The lowest BCUT2D eigenvalue weighted by atomic mass is 10.1. The molecule has 2 heterocycles. The minimum absolute atomic E-state index is 0.205. The summed E-state index contributed by atoms with van der Waals surface area (Å²) in [7, 11) is 0. The van der Waals surface area contributed by atoms with Crippen LogP contribution >= 0.6 is 0 Å². The van der Waals surface area contributed by atoms with E-state index in [1.54, 1.807) is 41.2 Å². The Morgan fingerprint density at radius 1 is 0.967 bits per heavy atom. The number of carbonyl (C=O) groups is 2. The molecular formula is C23H20N4O3. The predicted octanol–water partition coefficient (Wildman–Crippen LogP) is 4.34. The number of anilines is 2. The van der Waals surface area contributed by atoms with Gasteiger partial charge >= 0.3 is 0 Å². The number of carbonyl (C=O) groups excluding carboxylic acids is 2. The molecule has 0 aliphatic heterocycles. The van der Waals surface area contributed by atoms with E-state index in [-0.39, 0.29) is 17.6 Å². The Bertz CT molecular complexity index is 1170. The van der Waals surface area contributed by atoms with Gasteiger partial charge < -0.3 is 15.1 Å². The Hall–Kier alpha value is -4.13. The first-order valence-corrected chi connectivity index (χ1v) is 9.42. The molecule has 30 heavy (non-hydrogen) atoms. The molecule has 4 aromatic rings. The SMILES string of the molecule is Cc1ccc(C(=O)Nc2ccccc2Cn2cccn2)cc1NC(=O)c1ccco1. The van der Waals surface area contributed by atoms with Crippen molar-refractivity contribution in [1.29, 1.82) is 0 Å². The summed E-state index contributed by atoms with van der Waals surface area (Å²) in [5.41, 5.74) is 3.47. The third-order valence-corrected chi connectivity index (χ3v) is 4.65. The maximum Gasteiger partial charge on any atom is 0.291 e. The van der Waals surface area contributed by atoms with Gasteiger partial charge in [-0.2, -0.15) is 5.10 Å². The monoisotopic (exact) mass is 400 g/mol. The molecule has 7 heteroatoms. The minimum Gasteiger partial charge on any atom is -0.459 e. The van der Waals surface area contributed by atoms with Gasteiger partial charge in [0.05, 0.1) is 12.8 Å². The van der Waals surface area contributed by atoms with E-state index >= 15 is 0 Å². The molecule has 7 nitrogen and oxygen atoms in total. The number of rotatable bonds is 6. The van der Waals surface area contributed by atoms with Crippen molar-refractivity contribution in [2.24, 2.45) is 0 Å². The van der Waals surface area contributed by atoms with Crippen LogP contribution < -0.4 is 10.6 Å². The molecule has 0 saturated carbocycles. The molecule has 2 amide bonds. The quantitative estimate of drug-likeness (QED) is 0.504. The number of benzene rings is 2. The van der Waals surface area contributed by atoms with E-state index in [1.807, 2.05) is 43.5 Å². The zero-order valence-corrected chi connectivity index (χ0v) is 16.3. The molecule has 2 aromatic heterocycles. The van der Waals surface area contributed by atoms with Gasteiger partial charge in [-0.1, -0.05) is 24.3 Å². The lowest BCUT2D eigenvalue weighted by Crippen LogP contribution is -2.16. The maximum atomic E-state index is 12.9. The maximum absolute atomic E-state index is 12.9. The number of hydrogen-bond acceptors (Lipinski definition) is 4. The van der Waals surface area contributed by atoms with Crippen molar-refractivity contribution >= 4 is 23.2 Å². The van der Waals surface area contributed by atoms with Crippen molar-refractivity contribution in [2.45, 2.75) is 13.5 Å². The Morgan fingerprint density at radius 3 is 2.57 bits per heavy atom. The van der Waals surface area contributed by atoms with E-state index in [4.69, 9.17) is 4.42 Å². The Kier molecular flexibility index (Phi) is 5.43. The van der Waals surface area contributed by atoms with Crippen molar-refractivity contribution in [3.05, 3.63) is 102 Å². The molecule has 0 aliphatic rings. The highest BCUT2D eigenvalue weighted by Crippen LogP contribution is 2.21. The smallest absolute Gasteiger partial charge is 0.291 e. The summed E-state index contributed by atoms with van der Waals surface area (Å²) in [4.78, 5) is 25.2. The fraction of sp³-hybridized carbons (Fsp3) is 0.0870. The van der Waals surface area contributed by atoms with Crippen molar-refractivity contribution in [1.82, 2.24) is 9.78 Å². The summed E-state index contributed by atoms with van der Waals surface area (Å²) in [6, 6.07) is 17.8. The van der Waals surface area contributed by atoms with Gasteiger partial charge in [-0.3, -0.25) is 14.3 Å². The van der Waals surface area contributed by atoms with Crippen LogP contribution in [0.3, 0.4) is 0 Å². The number of amides is 2. The van der Waals surface area contributed by atoms with Gasteiger partial charge in [0.2, 0.25) is 0 Å². The molecule has 0 saturated heterocycles. The van der Waals surface area contributed by atoms with Crippen molar-refractivity contribution < 1.29 is 14.0 Å². The Labute approximate surface area is 173 Å². The summed E-state index contributed by atoms with van der Waals surface area (Å²) in [6.45, 7) is 2.40. The second-order valence-electron chi connectivity index (χ2n) is 6.78. The lowest BCUT2D eigenvalue weighted by molar-refractivity contribution is 0.0993. The van der Waals surface area contributed by atoms with Crippen LogP contribution in [0.5, 0.6) is 0 Å². The van der Waals surface area contributed by atoms with Crippen molar-refractivity contribution in [2.75, 3.05) is 10.6 Å². The number of furan rings is 1. The fourth-order valence-electron chi connectivity index (χ4n) is 3.03. The topological polar surface area (TPSA) is 89.2 Å². The van der Waals surface area contributed by atoms with Gasteiger partial charge in [0.1, 0.15) is 0 Å². The Balaban J connectivity index is 1.52. The van der Waals surface area contributed by atoms with Crippen LogP contribution in [0, 0.1) is 6.92 Å². The highest BCUT2D eigenvalue weighted by molar-refractivity contribution is 6.07. The summed E-state index contributed by atoms with van der Waals surface area (Å²) >= 11 is 0. The number of hydrogen-bond donors (Lipinski definition) is 2. The predicted molar refractivity (Wildman–Crippen MR) is 114 cm³/mol. The van der Waals surface area contributed by atoms with Crippen LogP contribution in [0.4, 0.5) is 11.4 Å². The fourth-order valence-corrected chi connectivity index (χ4v) is 3.03. The first-order chi connectivity index (χ1) is 14.6. The van der Waals surface area contributed by atoms with E-state index < -0.39 is 0 Å². The Morgan fingerprint density at radius 2 is 1.80 bits per heavy atom. The van der Waals surface area contributed by atoms with Crippen LogP contribution in [-0.4, -0.2) is 21.6 Å². The van der Waals surface area contributed by atoms with E-state index in [2.05, 4.69) is 15.7 Å². The molecular weight excluding hydrogens is 380 g/mol. The first-order valence-electron chi connectivity index (χ1n) is 9.42. The van der Waals surface area contributed by atoms with Gasteiger partial charge in [-0.05, 0) is 54.4 Å². The van der Waals surface area contributed by atoms with E-state index in [1.165, 1.54) is 6.26 Å². The zero-order chi connectivity index (χ0) is 20.9. The summed E-state index contributed by atoms with van der Waals surface area (Å²) in [6.07, 6.45) is 5.02. The highest BCUT2D eigenvalue weighted by atomic mass is 16.3. The number of para-hydroxylation sites is 1. The number of nitrogens with one attached hydrogen (secondary N) is 2. The summed E-state index contributed by atoms with van der Waals surface area (Å²) in [5, 5.41) is 9.96. The average molecular weight is 400 g/mol. The molecule has 0 bridgehead atoms. The van der Waals surface area contributed by atoms with Crippen LogP contribution in [0.15, 0.2) is 83.7 Å². The molecule has 0 fully saturated rings. The highest BCUT2D eigenvalue weighted by Gasteiger charge is 2.14. The number of nitrogens with zero attached hydrogens (tertiary/aromatic N) is 2. The third-order valence-electron chi connectivity index (χ3n) is 4.65. The van der Waals surface area contributed by atoms with Gasteiger partial charge in [-0.25, -0.2) is 0 Å². The molecule has 0 spiro atoms. The van der Waals surface area contributed by atoms with E-state index in [0.29, 0.717) is 23.5 Å². The summed E-state index contributed by atoms with van der Waals surface area (Å²) in [5.74, 6) is -0.432. The molecule has 2 N–H and O–H groups in total. The van der Waals surface area contributed by atoms with Crippen LogP contribution in [0.2, 0.25) is 0 Å². The number of aryl methyl sites for hydroxylation is 1. The normalized spacial score (nSPS) is 10.6. The molecule has 0 aliphatic carbocycles. The molecule has 4 rings (SSSR count). The van der Waals surface area contributed by atoms with Crippen LogP contribution in [-0.2, 0) is 6.54 Å². The third kappa shape index (κ3) is 4.30. The second-order valence-corrected chi connectivity index (χ2v) is 6.78. The van der Waals surface area contributed by atoms with Gasteiger partial charge in [0.25, 0.3) is 11.8 Å². The molecule has 0 radical (unpaired) electrons. The molecule has 0 atom stereocenters. The van der Waals surface area contributed by atoms with Crippen LogP contribution in [0.25, 0.3) is 0 Å². The minimum atomic E-state index is -0.370.